The van der Waals surface area contributed by atoms with Crippen molar-refractivity contribution in [2.75, 3.05) is 9.80 Å². The highest BCUT2D eigenvalue weighted by molar-refractivity contribution is 5.93. The van der Waals surface area contributed by atoms with Crippen molar-refractivity contribution in [2.24, 2.45) is 0 Å². The molecule has 0 saturated heterocycles. The lowest BCUT2D eigenvalue weighted by atomic mass is 9.79. The first kappa shape index (κ1) is 45.9. The van der Waals surface area contributed by atoms with Gasteiger partial charge in [-0.15, -0.1) is 0 Å². The number of fused-ring (bicyclic) bond motifs is 6. The van der Waals surface area contributed by atoms with Gasteiger partial charge in [0.25, 0.3) is 0 Å². The molecule has 3 aliphatic carbocycles. The van der Waals surface area contributed by atoms with Gasteiger partial charge in [-0.2, -0.15) is 0 Å². The second-order valence-corrected chi connectivity index (χ2v) is 21.3. The summed E-state index contributed by atoms with van der Waals surface area (Å²) in [4.78, 5) is 4.84. The molecule has 10 aromatic rings. The first-order valence-electron chi connectivity index (χ1n) is 26.4. The van der Waals surface area contributed by atoms with Crippen LogP contribution in [0.3, 0.4) is 0 Å². The molecule has 10 aromatic carbocycles. The maximum absolute atomic E-state index is 2.53. The summed E-state index contributed by atoms with van der Waals surface area (Å²) in [6.07, 6.45) is 11.9. The van der Waals surface area contributed by atoms with Gasteiger partial charge >= 0.3 is 0 Å². The van der Waals surface area contributed by atoms with Crippen LogP contribution in [-0.4, -0.2) is 0 Å². The van der Waals surface area contributed by atoms with Crippen LogP contribution in [0.2, 0.25) is 0 Å². The quantitative estimate of drug-likeness (QED) is 0.135. The van der Waals surface area contributed by atoms with Gasteiger partial charge in [-0.1, -0.05) is 210 Å². The normalized spacial score (nSPS) is 14.3. The van der Waals surface area contributed by atoms with Crippen LogP contribution in [0, 0.1) is 0 Å². The molecule has 0 aromatic heterocycles. The van der Waals surface area contributed by atoms with E-state index in [0.717, 1.165) is 40.5 Å². The molecular formula is C73H58N2. The van der Waals surface area contributed by atoms with Gasteiger partial charge in [0.05, 0.1) is 0 Å². The van der Waals surface area contributed by atoms with Gasteiger partial charge in [0.15, 0.2) is 0 Å². The largest absolute Gasteiger partial charge is 0.310 e. The smallest absolute Gasteiger partial charge is 0.0465 e. The summed E-state index contributed by atoms with van der Waals surface area (Å²) in [6.45, 7) is 9.66. The molecule has 3 aliphatic rings. The van der Waals surface area contributed by atoms with Crippen LogP contribution in [0.15, 0.2) is 267 Å². The highest BCUT2D eigenvalue weighted by Crippen LogP contribution is 2.58. The summed E-state index contributed by atoms with van der Waals surface area (Å²) in [5, 5.41) is 0. The van der Waals surface area contributed by atoms with E-state index in [4.69, 9.17) is 0 Å². The van der Waals surface area contributed by atoms with E-state index in [0.29, 0.717) is 0 Å². The summed E-state index contributed by atoms with van der Waals surface area (Å²) >= 11 is 0. The van der Waals surface area contributed by atoms with Crippen LogP contribution in [-0.2, 0) is 10.8 Å². The first-order valence-corrected chi connectivity index (χ1v) is 26.4. The molecule has 0 aliphatic heterocycles. The minimum Gasteiger partial charge on any atom is -0.310 e. The van der Waals surface area contributed by atoms with Crippen molar-refractivity contribution in [1.82, 2.24) is 0 Å². The molecule has 0 amide bonds. The van der Waals surface area contributed by atoms with Crippen molar-refractivity contribution in [3.8, 4) is 55.6 Å². The average Bonchev–Trinajstić information content (AvgIpc) is 3.62. The molecule has 2 nitrogen and oxygen atoms in total. The molecule has 0 saturated carbocycles. The van der Waals surface area contributed by atoms with Gasteiger partial charge in [-0.05, 0) is 180 Å². The van der Waals surface area contributed by atoms with Crippen LogP contribution >= 0.6 is 0 Å². The lowest BCUT2D eigenvalue weighted by Crippen LogP contribution is -2.18. The number of anilines is 6. The van der Waals surface area contributed by atoms with E-state index < -0.39 is 0 Å². The molecule has 0 N–H and O–H groups in total. The second-order valence-electron chi connectivity index (χ2n) is 21.3. The van der Waals surface area contributed by atoms with E-state index in [1.54, 1.807) is 0 Å². The zero-order valence-corrected chi connectivity index (χ0v) is 43.0. The topological polar surface area (TPSA) is 6.48 Å². The van der Waals surface area contributed by atoms with Gasteiger partial charge in [-0.3, -0.25) is 0 Å². The van der Waals surface area contributed by atoms with E-state index in [1.807, 2.05) is 0 Å². The average molecular weight is 963 g/mol. The molecule has 75 heavy (non-hydrogen) atoms. The number of allylic oxidation sites excluding steroid dienone is 6. The first-order chi connectivity index (χ1) is 36.7. The Balaban J connectivity index is 0.867. The van der Waals surface area contributed by atoms with Gasteiger partial charge < -0.3 is 9.80 Å². The van der Waals surface area contributed by atoms with Crippen molar-refractivity contribution in [3.05, 3.63) is 295 Å². The molecule has 0 fully saturated rings. The molecule has 0 heterocycles. The molecule has 0 bridgehead atoms. The highest BCUT2D eigenvalue weighted by Gasteiger charge is 2.42. The fraction of sp³-hybridized carbons (Fsp3) is 0.0959. The predicted octanol–water partition coefficient (Wildman–Crippen LogP) is 20.1. The summed E-state index contributed by atoms with van der Waals surface area (Å²) in [5.74, 6) is 0. The minimum absolute atomic E-state index is 0.240. The zero-order chi connectivity index (χ0) is 50.7. The summed E-state index contributed by atoms with van der Waals surface area (Å²) in [7, 11) is 0. The molecule has 0 radical (unpaired) electrons. The molecule has 0 spiro atoms. The second kappa shape index (κ2) is 18.5. The number of nitrogens with zero attached hydrogens (tertiary/aromatic N) is 2. The zero-order valence-electron chi connectivity index (χ0n) is 43.0. The van der Waals surface area contributed by atoms with E-state index in [2.05, 4.69) is 304 Å². The van der Waals surface area contributed by atoms with Crippen molar-refractivity contribution in [2.45, 2.75) is 44.9 Å². The molecule has 0 unspecified atom stereocenters. The Kier molecular flexibility index (Phi) is 11.3. The third-order valence-electron chi connectivity index (χ3n) is 16.1. The fourth-order valence-corrected chi connectivity index (χ4v) is 12.0. The molecule has 13 rings (SSSR count). The summed E-state index contributed by atoms with van der Waals surface area (Å²) < 4.78 is 0. The fourth-order valence-electron chi connectivity index (χ4n) is 12.0. The van der Waals surface area contributed by atoms with Crippen LogP contribution < -0.4 is 9.80 Å². The van der Waals surface area contributed by atoms with Crippen molar-refractivity contribution in [3.63, 3.8) is 0 Å². The third kappa shape index (κ3) is 8.15. The van der Waals surface area contributed by atoms with Crippen LogP contribution in [0.4, 0.5) is 34.1 Å². The van der Waals surface area contributed by atoms with E-state index >= 15 is 0 Å². The minimum atomic E-state index is -0.240. The van der Waals surface area contributed by atoms with Crippen LogP contribution in [0.5, 0.6) is 0 Å². The predicted molar refractivity (Wildman–Crippen MR) is 318 cm³/mol. The molecule has 360 valence electrons. The van der Waals surface area contributed by atoms with Gasteiger partial charge in [-0.25, -0.2) is 0 Å². The Morgan fingerprint density at radius 3 is 0.987 bits per heavy atom. The lowest BCUT2D eigenvalue weighted by Gasteiger charge is -2.28. The van der Waals surface area contributed by atoms with Crippen molar-refractivity contribution < 1.29 is 0 Å². The number of benzene rings is 10. The Morgan fingerprint density at radius 1 is 0.293 bits per heavy atom. The third-order valence-corrected chi connectivity index (χ3v) is 16.1. The summed E-state index contributed by atoms with van der Waals surface area (Å²) in [6, 6.07) is 87.5. The molecular weight excluding hydrogens is 905 g/mol. The van der Waals surface area contributed by atoms with Gasteiger partial charge in [0.1, 0.15) is 0 Å². The highest BCUT2D eigenvalue weighted by atomic mass is 15.1. The van der Waals surface area contributed by atoms with Crippen LogP contribution in [0.25, 0.3) is 61.2 Å². The number of rotatable bonds is 10. The Bertz CT molecular complexity index is 3760. The van der Waals surface area contributed by atoms with E-state index in [9.17, 15) is 0 Å². The Hall–Kier alpha value is -8.98. The molecule has 0 atom stereocenters. The SMILES string of the molecule is CC1(C)c2cc(N(c3ccc(C4=CCC=CC=C4)cc3)c3ccc(-c4ccccc4)cc3)ccc2-c2cc3c(cc21)-c1ccc(N(c2ccc(-c4ccccc4)cc2)c2ccc(-c4ccccc4)cc2)cc1C3(C)C. The van der Waals surface area contributed by atoms with E-state index in [-0.39, 0.29) is 10.8 Å². The van der Waals surface area contributed by atoms with Crippen molar-refractivity contribution >= 4 is 39.7 Å². The number of hydrogen-bond acceptors (Lipinski definition) is 2. The maximum atomic E-state index is 2.53. The standard InChI is InChI=1S/C73H58N2/c1-72(2)68-46-62(74(59-36-28-55(29-37-59)51-20-12-7-13-21-51)58-34-26-54(27-35-58)50-18-10-5-6-11-19-50)42-44-64(68)66-48-71-67(49-70(66)72)65-45-43-63(47-69(65)73(71,3)4)75(60-38-30-56(31-39-60)52-22-14-8-15-23-52)61-40-32-57(33-41-61)53-24-16-9-17-25-53/h5-10,12-49H,11H2,1-4H3. The Morgan fingerprint density at radius 2 is 0.613 bits per heavy atom. The van der Waals surface area contributed by atoms with Gasteiger partial charge in [0, 0.05) is 45.0 Å². The van der Waals surface area contributed by atoms with Gasteiger partial charge in [0.2, 0.25) is 0 Å². The molecule has 2 heteroatoms. The lowest BCUT2D eigenvalue weighted by molar-refractivity contribution is 0.652. The Labute approximate surface area is 442 Å². The van der Waals surface area contributed by atoms with Crippen molar-refractivity contribution in [1.29, 1.82) is 0 Å². The van der Waals surface area contributed by atoms with E-state index in [1.165, 1.54) is 89.0 Å². The maximum Gasteiger partial charge on any atom is 0.0465 e. The number of hydrogen-bond donors (Lipinski definition) is 0. The monoisotopic (exact) mass is 962 g/mol. The summed E-state index contributed by atoms with van der Waals surface area (Å²) in [5.41, 5.74) is 26.8. The van der Waals surface area contributed by atoms with Crippen LogP contribution in [0.1, 0.15) is 61.9 Å².